The molecule has 0 rings (SSSR count). The number of guanidine groups is 1. The third-order valence-electron chi connectivity index (χ3n) is 2.79. The molecule has 0 spiro atoms. The minimum Gasteiger partial charge on any atom is -0.349 e. The molecular weight excluding hydrogens is 198 g/mol. The van der Waals surface area contributed by atoms with Gasteiger partial charge in [0.15, 0.2) is 5.96 Å². The van der Waals surface area contributed by atoms with Crippen LogP contribution >= 0.6 is 0 Å². The van der Waals surface area contributed by atoms with Crippen LogP contribution in [0.2, 0.25) is 0 Å². The molecule has 0 radical (unpaired) electrons. The van der Waals surface area contributed by atoms with Crippen LogP contribution in [-0.4, -0.2) is 50.5 Å². The Morgan fingerprint density at radius 3 is 2.00 bits per heavy atom. The molecule has 96 valence electrons. The maximum Gasteiger partial charge on any atom is 0.195 e. The average molecular weight is 227 g/mol. The first-order valence-electron chi connectivity index (χ1n) is 6.48. The molecule has 0 heterocycles. The third-order valence-corrected chi connectivity index (χ3v) is 2.79. The quantitative estimate of drug-likeness (QED) is 0.378. The Hall–Kier alpha value is -0.730. The first kappa shape index (κ1) is 15.3. The van der Waals surface area contributed by atoms with Crippen LogP contribution in [0.3, 0.4) is 0 Å². The summed E-state index contributed by atoms with van der Waals surface area (Å²) in [5.41, 5.74) is 0. The Labute approximate surface area is 102 Å². The van der Waals surface area contributed by atoms with E-state index >= 15 is 0 Å². The fourth-order valence-corrected chi connectivity index (χ4v) is 1.94. The van der Waals surface area contributed by atoms with Crippen molar-refractivity contribution in [3.05, 3.63) is 0 Å². The van der Waals surface area contributed by atoms with Crippen LogP contribution in [0.15, 0.2) is 4.99 Å². The molecule has 16 heavy (non-hydrogen) atoms. The van der Waals surface area contributed by atoms with E-state index < -0.39 is 0 Å². The number of unbranched alkanes of at least 4 members (excludes halogenated alkanes) is 5. The molecule has 0 amide bonds. The van der Waals surface area contributed by atoms with E-state index in [2.05, 4.69) is 28.8 Å². The molecule has 0 aliphatic heterocycles. The largest absolute Gasteiger partial charge is 0.349 e. The zero-order valence-corrected chi connectivity index (χ0v) is 11.8. The zero-order chi connectivity index (χ0) is 12.4. The molecule has 3 nitrogen and oxygen atoms in total. The Morgan fingerprint density at radius 2 is 1.50 bits per heavy atom. The Morgan fingerprint density at radius 1 is 0.938 bits per heavy atom. The molecule has 0 aromatic carbocycles. The van der Waals surface area contributed by atoms with Gasteiger partial charge in [0.05, 0.1) is 0 Å². The lowest BCUT2D eigenvalue weighted by Crippen LogP contribution is -2.38. The van der Waals surface area contributed by atoms with Crippen molar-refractivity contribution in [3.8, 4) is 0 Å². The van der Waals surface area contributed by atoms with Gasteiger partial charge in [-0.1, -0.05) is 39.0 Å². The predicted octanol–water partition coefficient (Wildman–Crippen LogP) is 2.83. The minimum atomic E-state index is 1.06. The second-order valence-corrected chi connectivity index (χ2v) is 4.61. The van der Waals surface area contributed by atoms with Gasteiger partial charge in [-0.2, -0.15) is 0 Å². The van der Waals surface area contributed by atoms with Crippen molar-refractivity contribution < 1.29 is 0 Å². The summed E-state index contributed by atoms with van der Waals surface area (Å²) < 4.78 is 0. The molecule has 0 unspecified atom stereocenters. The van der Waals surface area contributed by atoms with E-state index in [4.69, 9.17) is 0 Å². The van der Waals surface area contributed by atoms with Crippen molar-refractivity contribution in [2.45, 2.75) is 45.4 Å². The van der Waals surface area contributed by atoms with Gasteiger partial charge in [0, 0.05) is 34.7 Å². The first-order chi connectivity index (χ1) is 7.63. The maximum atomic E-state index is 4.28. The van der Waals surface area contributed by atoms with E-state index in [0.717, 1.165) is 12.5 Å². The minimum absolute atomic E-state index is 1.06. The second kappa shape index (κ2) is 9.49. The lowest BCUT2D eigenvalue weighted by Gasteiger charge is -2.26. The molecule has 0 bridgehead atoms. The Kier molecular flexibility index (Phi) is 9.06. The zero-order valence-electron chi connectivity index (χ0n) is 11.8. The highest BCUT2D eigenvalue weighted by Gasteiger charge is 2.06. The summed E-state index contributed by atoms with van der Waals surface area (Å²) in [5.74, 6) is 1.06. The van der Waals surface area contributed by atoms with E-state index in [1.54, 1.807) is 0 Å². The van der Waals surface area contributed by atoms with Gasteiger partial charge in [-0.3, -0.25) is 4.99 Å². The molecule has 0 N–H and O–H groups in total. The molecule has 0 aliphatic rings. The van der Waals surface area contributed by atoms with Gasteiger partial charge < -0.3 is 9.80 Å². The van der Waals surface area contributed by atoms with Crippen LogP contribution in [0, 0.1) is 0 Å². The highest BCUT2D eigenvalue weighted by Crippen LogP contribution is 2.05. The van der Waals surface area contributed by atoms with Crippen molar-refractivity contribution in [1.82, 2.24) is 9.80 Å². The molecular formula is C13H29N3. The van der Waals surface area contributed by atoms with Crippen LogP contribution in [0.4, 0.5) is 0 Å². The first-order valence-corrected chi connectivity index (χ1v) is 6.48. The summed E-state index contributed by atoms with van der Waals surface area (Å²) in [7, 11) is 8.06. The Bertz CT molecular complexity index is 188. The monoisotopic (exact) mass is 227 g/mol. The van der Waals surface area contributed by atoms with Crippen LogP contribution in [0.5, 0.6) is 0 Å². The number of hydrogen-bond acceptors (Lipinski definition) is 1. The van der Waals surface area contributed by atoms with Crippen LogP contribution in [0.25, 0.3) is 0 Å². The summed E-state index contributed by atoms with van der Waals surface area (Å²) in [5, 5.41) is 0. The van der Waals surface area contributed by atoms with Gasteiger partial charge >= 0.3 is 0 Å². The van der Waals surface area contributed by atoms with E-state index in [-0.39, 0.29) is 0 Å². The fraction of sp³-hybridized carbons (Fsp3) is 0.923. The maximum absolute atomic E-state index is 4.28. The van der Waals surface area contributed by atoms with E-state index in [0.29, 0.717) is 0 Å². The van der Waals surface area contributed by atoms with Crippen molar-refractivity contribution in [2.75, 3.05) is 34.7 Å². The standard InChI is InChI=1S/C13H29N3/c1-6-7-8-9-10-11-12-16(5)13(14-2)15(3)4/h6-12H2,1-5H3. The van der Waals surface area contributed by atoms with Crippen molar-refractivity contribution in [2.24, 2.45) is 4.99 Å². The van der Waals surface area contributed by atoms with Gasteiger partial charge in [-0.15, -0.1) is 0 Å². The highest BCUT2D eigenvalue weighted by atomic mass is 15.3. The van der Waals surface area contributed by atoms with Gasteiger partial charge in [0.2, 0.25) is 0 Å². The van der Waals surface area contributed by atoms with Gasteiger partial charge in [0.1, 0.15) is 0 Å². The molecule has 0 atom stereocenters. The van der Waals surface area contributed by atoms with Crippen molar-refractivity contribution in [1.29, 1.82) is 0 Å². The fourth-order valence-electron chi connectivity index (χ4n) is 1.94. The summed E-state index contributed by atoms with van der Waals surface area (Å²) in [4.78, 5) is 8.59. The van der Waals surface area contributed by atoms with Gasteiger partial charge in [0.25, 0.3) is 0 Å². The van der Waals surface area contributed by atoms with Crippen LogP contribution in [-0.2, 0) is 0 Å². The number of nitrogens with zero attached hydrogens (tertiary/aromatic N) is 3. The van der Waals surface area contributed by atoms with E-state index in [9.17, 15) is 0 Å². The molecule has 0 saturated heterocycles. The summed E-state index contributed by atoms with van der Waals surface area (Å²) in [6, 6.07) is 0. The molecule has 3 heteroatoms. The normalized spacial score (nSPS) is 11.7. The average Bonchev–Trinajstić information content (AvgIpc) is 2.23. The lowest BCUT2D eigenvalue weighted by molar-refractivity contribution is 0.407. The topological polar surface area (TPSA) is 18.8 Å². The molecule has 0 aromatic heterocycles. The number of hydrogen-bond donors (Lipinski definition) is 0. The van der Waals surface area contributed by atoms with Crippen molar-refractivity contribution >= 4 is 5.96 Å². The predicted molar refractivity (Wildman–Crippen MR) is 73.1 cm³/mol. The molecule has 0 aromatic rings. The van der Waals surface area contributed by atoms with Crippen LogP contribution in [0.1, 0.15) is 45.4 Å². The molecule has 0 aliphatic carbocycles. The smallest absolute Gasteiger partial charge is 0.195 e. The third kappa shape index (κ3) is 6.70. The summed E-state index contributed by atoms with van der Waals surface area (Å²) in [6.07, 6.45) is 8.09. The number of aliphatic imine (C=N–C) groups is 1. The number of rotatable bonds is 7. The molecule has 0 saturated carbocycles. The Balaban J connectivity index is 3.60. The molecule has 0 fully saturated rings. The highest BCUT2D eigenvalue weighted by molar-refractivity contribution is 5.79. The van der Waals surface area contributed by atoms with E-state index in [1.807, 2.05) is 21.1 Å². The SMILES string of the molecule is CCCCCCCCN(C)C(=NC)N(C)C. The van der Waals surface area contributed by atoms with Crippen molar-refractivity contribution in [3.63, 3.8) is 0 Å². The summed E-state index contributed by atoms with van der Waals surface area (Å²) in [6.45, 7) is 3.37. The van der Waals surface area contributed by atoms with E-state index in [1.165, 1.54) is 38.5 Å². The second-order valence-electron chi connectivity index (χ2n) is 4.61. The van der Waals surface area contributed by atoms with Gasteiger partial charge in [-0.05, 0) is 6.42 Å². The lowest BCUT2D eigenvalue weighted by atomic mass is 10.1. The van der Waals surface area contributed by atoms with Gasteiger partial charge in [-0.25, -0.2) is 0 Å². The summed E-state index contributed by atoms with van der Waals surface area (Å²) >= 11 is 0. The van der Waals surface area contributed by atoms with Crippen LogP contribution < -0.4 is 0 Å².